The summed E-state index contributed by atoms with van der Waals surface area (Å²) in [6.07, 6.45) is 1.30. The van der Waals surface area contributed by atoms with Crippen LogP contribution < -0.4 is 9.80 Å². The van der Waals surface area contributed by atoms with E-state index in [-0.39, 0.29) is 51.8 Å². The molecule has 0 radical (unpaired) electrons. The van der Waals surface area contributed by atoms with Gasteiger partial charge in [0, 0.05) is 59.4 Å². The van der Waals surface area contributed by atoms with E-state index in [4.69, 9.17) is 25.7 Å². The molecule has 8 nitrogen and oxygen atoms in total. The van der Waals surface area contributed by atoms with Crippen LogP contribution in [0.15, 0.2) is 55.1 Å². The van der Waals surface area contributed by atoms with Crippen LogP contribution in [0.1, 0.15) is 18.0 Å². The van der Waals surface area contributed by atoms with Crippen LogP contribution in [0.25, 0.3) is 32.8 Å². The van der Waals surface area contributed by atoms with E-state index < -0.39 is 12.8 Å². The van der Waals surface area contributed by atoms with Crippen LogP contribution in [-0.4, -0.2) is 89.1 Å². The molecule has 0 spiro atoms. The van der Waals surface area contributed by atoms with Crippen molar-refractivity contribution in [3.05, 3.63) is 66.0 Å². The molecule has 2 saturated heterocycles. The van der Waals surface area contributed by atoms with Gasteiger partial charge in [-0.2, -0.15) is 4.98 Å². The van der Waals surface area contributed by atoms with Crippen LogP contribution in [-0.2, 0) is 4.79 Å². The summed E-state index contributed by atoms with van der Waals surface area (Å²) in [4.78, 5) is 29.1. The zero-order valence-corrected chi connectivity index (χ0v) is 24.4. The summed E-state index contributed by atoms with van der Waals surface area (Å²) in [6.45, 7) is 6.83. The number of phenolic OH excluding ortho intramolecular Hbond substituents is 1. The third-order valence-corrected chi connectivity index (χ3v) is 8.67. The van der Waals surface area contributed by atoms with Crippen LogP contribution in [0.5, 0.6) is 5.75 Å². The molecule has 218 valence electrons. The molecule has 4 aromatic rings. The molecule has 0 bridgehead atoms. The van der Waals surface area contributed by atoms with Gasteiger partial charge in [0.25, 0.3) is 0 Å². The number of hydrogen-bond donors (Lipinski definition) is 1. The molecule has 3 aromatic carbocycles. The minimum Gasteiger partial charge on any atom is -0.508 e. The average Bonchev–Trinajstić information content (AvgIpc) is 2.96. The summed E-state index contributed by atoms with van der Waals surface area (Å²) in [5.74, 6) is -0.103. The summed E-state index contributed by atoms with van der Waals surface area (Å²) in [5, 5.41) is 12.5. The lowest BCUT2D eigenvalue weighted by atomic mass is 9.96. The molecule has 0 unspecified atom stereocenters. The Kier molecular flexibility index (Phi) is 6.28. The average molecular weight is 592 g/mol. The van der Waals surface area contributed by atoms with Gasteiger partial charge in [0.2, 0.25) is 11.9 Å². The SMILES string of the molecule is [2H]C([2H])([2H])N(C)C1CN(c2nc(N3C[C@@H](C)N(C(=O)C=C)C[C@@H]3C)c3cc(Cl)c(-c4cc(O)cc5ccccc45)c(F)c3n2)C1. The first-order valence-electron chi connectivity index (χ1n) is 15.4. The Bertz CT molecular complexity index is 1830. The largest absolute Gasteiger partial charge is 0.508 e. The first kappa shape index (κ1) is 24.6. The van der Waals surface area contributed by atoms with Crippen molar-refractivity contribution in [3.8, 4) is 16.9 Å². The maximum Gasteiger partial charge on any atom is 0.246 e. The highest BCUT2D eigenvalue weighted by Crippen LogP contribution is 2.43. The van der Waals surface area contributed by atoms with Gasteiger partial charge in [-0.15, -0.1) is 0 Å². The van der Waals surface area contributed by atoms with Gasteiger partial charge in [-0.3, -0.25) is 4.79 Å². The minimum absolute atomic E-state index is 0.0249. The number of anilines is 2. The Hall–Kier alpha value is -3.95. The number of carbonyl (C=O) groups excluding carboxylic acids is 1. The van der Waals surface area contributed by atoms with Gasteiger partial charge in [0.15, 0.2) is 5.82 Å². The maximum atomic E-state index is 16.9. The zero-order chi connectivity index (χ0) is 32.4. The van der Waals surface area contributed by atoms with Crippen molar-refractivity contribution in [1.82, 2.24) is 19.8 Å². The fourth-order valence-corrected chi connectivity index (χ4v) is 6.28. The van der Waals surface area contributed by atoms with Crippen molar-refractivity contribution in [1.29, 1.82) is 0 Å². The number of amides is 1. The molecule has 2 aliphatic rings. The van der Waals surface area contributed by atoms with Gasteiger partial charge in [0.05, 0.1) is 5.02 Å². The number of benzene rings is 3. The van der Waals surface area contributed by atoms with Crippen molar-refractivity contribution >= 4 is 50.9 Å². The van der Waals surface area contributed by atoms with Gasteiger partial charge >= 0.3 is 0 Å². The lowest BCUT2D eigenvalue weighted by molar-refractivity contribution is -0.128. The monoisotopic (exact) mass is 591 g/mol. The second-order valence-corrected chi connectivity index (χ2v) is 11.6. The Morgan fingerprint density at radius 1 is 1.14 bits per heavy atom. The Labute approximate surface area is 253 Å². The predicted molar refractivity (Wildman–Crippen MR) is 167 cm³/mol. The Morgan fingerprint density at radius 3 is 2.64 bits per heavy atom. The minimum atomic E-state index is -2.25. The van der Waals surface area contributed by atoms with Crippen LogP contribution in [0.3, 0.4) is 0 Å². The van der Waals surface area contributed by atoms with Gasteiger partial charge in [-0.05, 0) is 68.5 Å². The van der Waals surface area contributed by atoms with Crippen LogP contribution >= 0.6 is 11.6 Å². The molecule has 3 heterocycles. The molecular weight excluding hydrogens is 555 g/mol. The highest BCUT2D eigenvalue weighted by Gasteiger charge is 2.36. The first-order chi connectivity index (χ1) is 21.3. The number of hydrogen-bond acceptors (Lipinski definition) is 7. The number of aromatic nitrogens is 2. The number of likely N-dealkylation sites (N-methyl/N-ethyl adjacent to an activating group) is 1. The van der Waals surface area contributed by atoms with Crippen molar-refractivity contribution in [2.45, 2.75) is 32.0 Å². The topological polar surface area (TPSA) is 76.0 Å². The number of nitrogens with zero attached hydrogens (tertiary/aromatic N) is 6. The number of rotatable bonds is 5. The summed E-state index contributed by atoms with van der Waals surface area (Å²) >= 11 is 6.86. The lowest BCUT2D eigenvalue weighted by Crippen LogP contribution is -2.59. The van der Waals surface area contributed by atoms with Crippen LogP contribution in [0.2, 0.25) is 5.02 Å². The predicted octanol–water partition coefficient (Wildman–Crippen LogP) is 5.31. The maximum absolute atomic E-state index is 16.9. The highest BCUT2D eigenvalue weighted by molar-refractivity contribution is 6.35. The van der Waals surface area contributed by atoms with E-state index in [1.807, 2.05) is 47.9 Å². The summed E-state index contributed by atoms with van der Waals surface area (Å²) < 4.78 is 40.2. The van der Waals surface area contributed by atoms with Crippen molar-refractivity contribution in [2.75, 3.05) is 50.0 Å². The number of halogens is 2. The normalized spacial score (nSPS) is 20.9. The summed E-state index contributed by atoms with van der Waals surface area (Å²) in [5.41, 5.74) is 0.593. The molecule has 1 aromatic heterocycles. The smallest absolute Gasteiger partial charge is 0.246 e. The van der Waals surface area contributed by atoms with E-state index in [0.29, 0.717) is 48.3 Å². The number of piperazine rings is 1. The molecule has 6 rings (SSSR count). The molecule has 2 atom stereocenters. The van der Waals surface area contributed by atoms with E-state index in [9.17, 15) is 9.90 Å². The Balaban J connectivity index is 1.51. The standard InChI is InChI=1S/C32H34ClFN6O2/c1-6-27(42)39-14-19(3)40(15-18(39)2)31-25-13-26(33)28(24-12-22(41)11-20-9-7-8-10-23(20)24)29(34)30(25)35-32(36-31)38-16-21(17-38)37(4)5/h6-13,18-19,21,41H,1,14-17H2,2-5H3/t18-,19+/m1/s1/i4D3. The molecule has 42 heavy (non-hydrogen) atoms. The van der Waals surface area contributed by atoms with E-state index >= 15 is 4.39 Å². The molecule has 2 aliphatic heterocycles. The van der Waals surface area contributed by atoms with Crippen molar-refractivity contribution in [3.63, 3.8) is 0 Å². The Morgan fingerprint density at radius 2 is 1.90 bits per heavy atom. The molecule has 1 N–H and O–H groups in total. The quantitative estimate of drug-likeness (QED) is 0.315. The second kappa shape index (κ2) is 10.7. The number of aromatic hydroxyl groups is 1. The van der Waals surface area contributed by atoms with Crippen LogP contribution in [0, 0.1) is 5.82 Å². The van der Waals surface area contributed by atoms with E-state index in [0.717, 1.165) is 5.39 Å². The lowest BCUT2D eigenvalue weighted by Gasteiger charge is -2.45. The molecule has 2 fully saturated rings. The molecule has 0 saturated carbocycles. The zero-order valence-electron chi connectivity index (χ0n) is 26.7. The third kappa shape index (κ3) is 4.70. The van der Waals surface area contributed by atoms with Gasteiger partial charge in [-0.25, -0.2) is 9.37 Å². The fourth-order valence-electron chi connectivity index (χ4n) is 5.99. The molecule has 1 amide bonds. The van der Waals surface area contributed by atoms with Gasteiger partial charge in [0.1, 0.15) is 17.1 Å². The van der Waals surface area contributed by atoms with E-state index in [1.54, 1.807) is 24.1 Å². The number of phenols is 1. The third-order valence-electron chi connectivity index (χ3n) is 8.38. The van der Waals surface area contributed by atoms with Crippen molar-refractivity contribution < 1.29 is 18.4 Å². The van der Waals surface area contributed by atoms with Crippen molar-refractivity contribution in [2.24, 2.45) is 0 Å². The number of carbonyl (C=O) groups is 1. The first-order valence-corrected chi connectivity index (χ1v) is 14.3. The van der Waals surface area contributed by atoms with E-state index in [2.05, 4.69) is 6.58 Å². The summed E-state index contributed by atoms with van der Waals surface area (Å²) in [7, 11) is 1.56. The molecular formula is C32H34ClFN6O2. The molecule has 0 aliphatic carbocycles. The summed E-state index contributed by atoms with van der Waals surface area (Å²) in [6, 6.07) is 11.5. The molecule has 10 heteroatoms. The second-order valence-electron chi connectivity index (χ2n) is 11.2. The number of fused-ring (bicyclic) bond motifs is 2. The van der Waals surface area contributed by atoms with E-state index in [1.165, 1.54) is 17.0 Å². The highest BCUT2D eigenvalue weighted by atomic mass is 35.5. The van der Waals surface area contributed by atoms with Crippen LogP contribution in [0.4, 0.5) is 16.2 Å². The fraction of sp³-hybridized carbons (Fsp3) is 0.344. The van der Waals surface area contributed by atoms with Gasteiger partial charge in [-0.1, -0.05) is 42.4 Å². The van der Waals surface area contributed by atoms with Gasteiger partial charge < -0.3 is 24.7 Å².